The molecule has 0 atom stereocenters. The van der Waals surface area contributed by atoms with Crippen molar-refractivity contribution in [2.75, 3.05) is 5.32 Å². The molecule has 130 valence electrons. The smallest absolute Gasteiger partial charge is 0.238 e. The summed E-state index contributed by atoms with van der Waals surface area (Å²) >= 11 is 1.73. The first kappa shape index (κ1) is 16.4. The number of thiophene rings is 1. The van der Waals surface area contributed by atoms with Crippen LogP contribution in [-0.4, -0.2) is 18.4 Å². The second kappa shape index (κ2) is 6.05. The zero-order valence-corrected chi connectivity index (χ0v) is 15.4. The first-order chi connectivity index (χ1) is 11.9. The summed E-state index contributed by atoms with van der Waals surface area (Å²) in [5, 5.41) is 9.62. The lowest BCUT2D eigenvalue weighted by molar-refractivity contribution is 0.597. The number of benzene rings is 1. The molecule has 1 aliphatic rings. The first-order valence-corrected chi connectivity index (χ1v) is 10.5. The number of primary sulfonamides is 1. The Morgan fingerprint density at radius 1 is 1.20 bits per heavy atom. The van der Waals surface area contributed by atoms with Gasteiger partial charge in [0, 0.05) is 10.6 Å². The highest BCUT2D eigenvalue weighted by molar-refractivity contribution is 7.89. The molecule has 0 unspecified atom stereocenters. The molecule has 2 heterocycles. The maximum atomic E-state index is 11.7. The van der Waals surface area contributed by atoms with Crippen molar-refractivity contribution in [3.8, 4) is 0 Å². The summed E-state index contributed by atoms with van der Waals surface area (Å²) in [6, 6.07) is 5.12. The van der Waals surface area contributed by atoms with Gasteiger partial charge in [-0.3, -0.25) is 0 Å². The van der Waals surface area contributed by atoms with E-state index in [1.807, 2.05) is 6.07 Å². The van der Waals surface area contributed by atoms with Crippen LogP contribution in [0.1, 0.15) is 28.8 Å². The molecule has 8 heteroatoms. The fourth-order valence-corrected chi connectivity index (χ4v) is 5.34. The largest absolute Gasteiger partial charge is 0.340 e. The number of aryl methyl sites for hydroxylation is 3. The third-order valence-electron chi connectivity index (χ3n) is 4.51. The summed E-state index contributed by atoms with van der Waals surface area (Å²) in [6.07, 6.45) is 6.06. The second-order valence-electron chi connectivity index (χ2n) is 6.26. The van der Waals surface area contributed by atoms with E-state index in [1.165, 1.54) is 23.3 Å². The lowest BCUT2D eigenvalue weighted by atomic mass is 9.97. The molecule has 4 rings (SSSR count). The van der Waals surface area contributed by atoms with Gasteiger partial charge in [-0.05, 0) is 55.9 Å². The van der Waals surface area contributed by atoms with Crippen molar-refractivity contribution >= 4 is 43.1 Å². The predicted octanol–water partition coefficient (Wildman–Crippen LogP) is 3.27. The Morgan fingerprint density at radius 2 is 2.00 bits per heavy atom. The molecule has 0 amide bonds. The van der Waals surface area contributed by atoms with Gasteiger partial charge in [0.25, 0.3) is 0 Å². The van der Waals surface area contributed by atoms with Gasteiger partial charge in [0.05, 0.1) is 10.3 Å². The first-order valence-electron chi connectivity index (χ1n) is 8.09. The molecule has 1 aromatic carbocycles. The highest BCUT2D eigenvalue weighted by Gasteiger charge is 2.20. The van der Waals surface area contributed by atoms with Crippen molar-refractivity contribution in [3.05, 3.63) is 40.5 Å². The molecule has 3 N–H and O–H groups in total. The van der Waals surface area contributed by atoms with E-state index in [9.17, 15) is 8.42 Å². The molecule has 0 saturated carbocycles. The molecule has 3 aromatic rings. The fraction of sp³-hybridized carbons (Fsp3) is 0.294. The van der Waals surface area contributed by atoms with Crippen molar-refractivity contribution in [2.24, 2.45) is 5.14 Å². The molecule has 0 aliphatic heterocycles. The summed E-state index contributed by atoms with van der Waals surface area (Å²) < 4.78 is 23.5. The number of fused-ring (bicyclic) bond motifs is 3. The van der Waals surface area contributed by atoms with Crippen molar-refractivity contribution in [1.82, 2.24) is 9.97 Å². The summed E-state index contributed by atoms with van der Waals surface area (Å²) in [7, 11) is -3.77. The standard InChI is InChI=1S/C17H18N4O2S2/c1-10-6-7-11(8-14(10)25(18,22)23)21-16-15-12-4-2-3-5-13(12)24-17(15)20-9-19-16/h6-9H,2-5H2,1H3,(H2,18,22,23)(H,19,20,21). The van der Waals surface area contributed by atoms with Gasteiger partial charge in [0.1, 0.15) is 17.0 Å². The maximum Gasteiger partial charge on any atom is 0.238 e. The SMILES string of the molecule is Cc1ccc(Nc2ncnc3sc4c(c23)CCCC4)cc1S(N)(=O)=O. The molecule has 25 heavy (non-hydrogen) atoms. The van der Waals surface area contributed by atoms with Crippen molar-refractivity contribution in [3.63, 3.8) is 0 Å². The summed E-state index contributed by atoms with van der Waals surface area (Å²) in [4.78, 5) is 11.3. The summed E-state index contributed by atoms with van der Waals surface area (Å²) in [5.74, 6) is 0.716. The van der Waals surface area contributed by atoms with Gasteiger partial charge in [0.2, 0.25) is 10.0 Å². The van der Waals surface area contributed by atoms with E-state index in [-0.39, 0.29) is 4.90 Å². The molecule has 0 fully saturated rings. The Balaban J connectivity index is 1.81. The van der Waals surface area contributed by atoms with Gasteiger partial charge < -0.3 is 5.32 Å². The Bertz CT molecular complexity index is 1070. The van der Waals surface area contributed by atoms with Crippen molar-refractivity contribution < 1.29 is 8.42 Å². The topological polar surface area (TPSA) is 98.0 Å². The van der Waals surface area contributed by atoms with Crippen LogP contribution < -0.4 is 10.5 Å². The van der Waals surface area contributed by atoms with Crippen molar-refractivity contribution in [2.45, 2.75) is 37.5 Å². The molecular formula is C17H18N4O2S2. The maximum absolute atomic E-state index is 11.7. The number of hydrogen-bond acceptors (Lipinski definition) is 6. The Kier molecular flexibility index (Phi) is 3.98. The third kappa shape index (κ3) is 3.01. The fourth-order valence-electron chi connectivity index (χ4n) is 3.31. The van der Waals surface area contributed by atoms with Crippen LogP contribution in [0.25, 0.3) is 10.2 Å². The minimum Gasteiger partial charge on any atom is -0.340 e. The van der Waals surface area contributed by atoms with Gasteiger partial charge in [-0.25, -0.2) is 23.5 Å². The Morgan fingerprint density at radius 3 is 2.80 bits per heavy atom. The van der Waals surface area contributed by atoms with E-state index >= 15 is 0 Å². The normalized spacial score (nSPS) is 14.5. The van der Waals surface area contributed by atoms with Crippen LogP contribution in [0.15, 0.2) is 29.4 Å². The van der Waals surface area contributed by atoms with Crippen LogP contribution in [0.3, 0.4) is 0 Å². The molecular weight excluding hydrogens is 356 g/mol. The quantitative estimate of drug-likeness (QED) is 0.733. The molecule has 2 aromatic heterocycles. The molecule has 0 spiro atoms. The minimum absolute atomic E-state index is 0.121. The average molecular weight is 374 g/mol. The molecule has 0 radical (unpaired) electrons. The number of hydrogen-bond donors (Lipinski definition) is 2. The van der Waals surface area contributed by atoms with E-state index in [0.29, 0.717) is 17.1 Å². The van der Waals surface area contributed by atoms with Gasteiger partial charge in [0.15, 0.2) is 0 Å². The molecule has 6 nitrogen and oxygen atoms in total. The summed E-state index contributed by atoms with van der Waals surface area (Å²) in [5.41, 5.74) is 2.59. The number of nitrogens with one attached hydrogen (secondary N) is 1. The Labute approximate surface area is 150 Å². The van der Waals surface area contributed by atoms with Crippen LogP contribution >= 0.6 is 11.3 Å². The van der Waals surface area contributed by atoms with Gasteiger partial charge in [-0.2, -0.15) is 0 Å². The minimum atomic E-state index is -3.77. The van der Waals surface area contributed by atoms with Gasteiger partial charge in [-0.15, -0.1) is 11.3 Å². The molecule has 0 bridgehead atoms. The van der Waals surface area contributed by atoms with Crippen LogP contribution in [0.5, 0.6) is 0 Å². The summed E-state index contributed by atoms with van der Waals surface area (Å²) in [6.45, 7) is 1.72. The highest BCUT2D eigenvalue weighted by Crippen LogP contribution is 2.39. The number of nitrogens with zero attached hydrogens (tertiary/aromatic N) is 2. The van der Waals surface area contributed by atoms with Crippen LogP contribution in [-0.2, 0) is 22.9 Å². The molecule has 0 saturated heterocycles. The van der Waals surface area contributed by atoms with E-state index in [1.54, 1.807) is 36.7 Å². The number of anilines is 2. The number of nitrogens with two attached hydrogens (primary N) is 1. The number of sulfonamides is 1. The highest BCUT2D eigenvalue weighted by atomic mass is 32.2. The zero-order chi connectivity index (χ0) is 17.6. The average Bonchev–Trinajstić information content (AvgIpc) is 2.95. The Hall–Kier alpha value is -2.03. The van der Waals surface area contributed by atoms with E-state index in [4.69, 9.17) is 5.14 Å². The number of rotatable bonds is 3. The van der Waals surface area contributed by atoms with E-state index in [0.717, 1.165) is 23.1 Å². The van der Waals surface area contributed by atoms with Crippen LogP contribution in [0, 0.1) is 6.92 Å². The van der Waals surface area contributed by atoms with Gasteiger partial charge in [-0.1, -0.05) is 6.07 Å². The van der Waals surface area contributed by atoms with Crippen LogP contribution in [0.4, 0.5) is 11.5 Å². The second-order valence-corrected chi connectivity index (χ2v) is 8.88. The molecule has 1 aliphatic carbocycles. The van der Waals surface area contributed by atoms with E-state index < -0.39 is 10.0 Å². The van der Waals surface area contributed by atoms with Crippen LogP contribution in [0.2, 0.25) is 0 Å². The van der Waals surface area contributed by atoms with Crippen molar-refractivity contribution in [1.29, 1.82) is 0 Å². The third-order valence-corrected chi connectivity index (χ3v) is 6.76. The zero-order valence-electron chi connectivity index (χ0n) is 13.7. The van der Waals surface area contributed by atoms with E-state index in [2.05, 4.69) is 15.3 Å². The predicted molar refractivity (Wildman–Crippen MR) is 99.9 cm³/mol. The number of aromatic nitrogens is 2. The monoisotopic (exact) mass is 374 g/mol. The lowest BCUT2D eigenvalue weighted by Gasteiger charge is -2.13. The van der Waals surface area contributed by atoms with Gasteiger partial charge >= 0.3 is 0 Å². The lowest BCUT2D eigenvalue weighted by Crippen LogP contribution is -2.14.